The van der Waals surface area contributed by atoms with Crippen LogP contribution in [0.3, 0.4) is 0 Å². The van der Waals surface area contributed by atoms with Crippen molar-refractivity contribution in [2.75, 3.05) is 50.7 Å². The van der Waals surface area contributed by atoms with Gasteiger partial charge in [0.1, 0.15) is 17.5 Å². The minimum absolute atomic E-state index is 0.0542. The Morgan fingerprint density at radius 2 is 1.64 bits per heavy atom. The Balaban J connectivity index is 1.57. The van der Waals surface area contributed by atoms with E-state index in [1.54, 1.807) is 55.7 Å². The van der Waals surface area contributed by atoms with Gasteiger partial charge in [-0.2, -0.15) is 4.31 Å². The highest BCUT2D eigenvalue weighted by Crippen LogP contribution is 2.29. The molecule has 0 radical (unpaired) electrons. The van der Waals surface area contributed by atoms with Crippen molar-refractivity contribution >= 4 is 39.3 Å². The van der Waals surface area contributed by atoms with Crippen molar-refractivity contribution in [2.45, 2.75) is 44.2 Å². The first kappa shape index (κ1) is 29.1. The third kappa shape index (κ3) is 6.64. The fourth-order valence-corrected chi connectivity index (χ4v) is 6.58. The molecule has 2 amide bonds. The second kappa shape index (κ2) is 11.3. The van der Waals surface area contributed by atoms with Crippen LogP contribution in [0, 0.1) is 12.7 Å². The minimum Gasteiger partial charge on any atom is -0.444 e. The first-order valence-corrected chi connectivity index (χ1v) is 14.6. The lowest BCUT2D eigenvalue weighted by atomic mass is 10.1. The molecule has 0 spiro atoms. The molecule has 2 saturated heterocycles. The molecule has 12 heteroatoms. The molecule has 0 aliphatic carbocycles. The number of rotatable bonds is 4. The van der Waals surface area contributed by atoms with Crippen LogP contribution >= 0.6 is 11.6 Å². The number of benzene rings is 2. The van der Waals surface area contributed by atoms with Gasteiger partial charge in [-0.1, -0.05) is 17.7 Å². The number of hydrogen-bond donors (Lipinski definition) is 0. The topological polar surface area (TPSA) is 90.5 Å². The fourth-order valence-electron chi connectivity index (χ4n) is 4.84. The predicted octanol–water partition coefficient (Wildman–Crippen LogP) is 3.75. The molecule has 0 saturated carbocycles. The van der Waals surface area contributed by atoms with Crippen molar-refractivity contribution in [1.29, 1.82) is 0 Å². The standard InChI is InChI=1S/C27H34ClFN4O5S/c1-19-16-21(29)8-9-23(19)33-15-14-32(39(36,37)22-7-5-6-20(28)17-22)18-24(33)25(34)30-10-12-31(13-11-30)26(35)38-27(2,3)4/h5-9,16-17,24H,10-15,18H2,1-4H3. The number of piperazine rings is 2. The van der Waals surface area contributed by atoms with Crippen molar-refractivity contribution in [3.63, 3.8) is 0 Å². The van der Waals surface area contributed by atoms with Gasteiger partial charge < -0.3 is 19.4 Å². The molecule has 4 rings (SSSR count). The summed E-state index contributed by atoms with van der Waals surface area (Å²) in [5, 5.41) is 0.298. The van der Waals surface area contributed by atoms with Gasteiger partial charge in [-0.25, -0.2) is 17.6 Å². The highest BCUT2D eigenvalue weighted by atomic mass is 35.5. The Bertz CT molecular complexity index is 1340. The van der Waals surface area contributed by atoms with E-state index in [4.69, 9.17) is 16.3 Å². The van der Waals surface area contributed by atoms with E-state index in [0.29, 0.717) is 29.4 Å². The van der Waals surface area contributed by atoms with E-state index in [-0.39, 0.29) is 49.3 Å². The van der Waals surface area contributed by atoms with Gasteiger partial charge in [0, 0.05) is 56.5 Å². The first-order chi connectivity index (χ1) is 18.3. The van der Waals surface area contributed by atoms with Crippen LogP contribution in [-0.2, 0) is 19.6 Å². The van der Waals surface area contributed by atoms with E-state index < -0.39 is 27.8 Å². The van der Waals surface area contributed by atoms with Gasteiger partial charge >= 0.3 is 6.09 Å². The summed E-state index contributed by atoms with van der Waals surface area (Å²) in [6.45, 7) is 8.60. The molecular weight excluding hydrogens is 547 g/mol. The number of aryl methyl sites for hydroxylation is 1. The second-order valence-electron chi connectivity index (χ2n) is 10.8. The Morgan fingerprint density at radius 3 is 2.26 bits per heavy atom. The molecular formula is C27H34ClFN4O5S. The van der Waals surface area contributed by atoms with Crippen molar-refractivity contribution in [2.24, 2.45) is 0 Å². The van der Waals surface area contributed by atoms with Gasteiger partial charge in [-0.3, -0.25) is 4.79 Å². The van der Waals surface area contributed by atoms with Crippen LogP contribution in [0.1, 0.15) is 26.3 Å². The van der Waals surface area contributed by atoms with Crippen LogP contribution in [-0.4, -0.2) is 92.0 Å². The van der Waals surface area contributed by atoms with Gasteiger partial charge in [-0.15, -0.1) is 0 Å². The quantitative estimate of drug-likeness (QED) is 0.547. The molecule has 2 aliphatic rings. The number of ether oxygens (including phenoxy) is 1. The number of amides is 2. The number of sulfonamides is 1. The molecule has 9 nitrogen and oxygen atoms in total. The van der Waals surface area contributed by atoms with E-state index in [1.165, 1.54) is 28.6 Å². The normalized spacial score (nSPS) is 19.2. The molecule has 2 heterocycles. The summed E-state index contributed by atoms with van der Waals surface area (Å²) in [4.78, 5) is 31.5. The lowest BCUT2D eigenvalue weighted by Gasteiger charge is -2.44. The molecule has 0 bridgehead atoms. The minimum atomic E-state index is -3.92. The molecule has 1 unspecified atom stereocenters. The number of nitrogens with zero attached hydrogens (tertiary/aromatic N) is 4. The zero-order valence-corrected chi connectivity index (χ0v) is 24.1. The van der Waals surface area contributed by atoms with E-state index in [0.717, 1.165) is 0 Å². The van der Waals surface area contributed by atoms with Gasteiger partial charge in [0.05, 0.1) is 4.90 Å². The number of carbonyl (C=O) groups is 2. The monoisotopic (exact) mass is 580 g/mol. The Kier molecular flexibility index (Phi) is 8.44. The summed E-state index contributed by atoms with van der Waals surface area (Å²) in [6.07, 6.45) is -0.436. The van der Waals surface area contributed by atoms with Crippen LogP contribution < -0.4 is 4.90 Å². The smallest absolute Gasteiger partial charge is 0.410 e. The largest absolute Gasteiger partial charge is 0.444 e. The van der Waals surface area contributed by atoms with Crippen molar-refractivity contribution in [1.82, 2.24) is 14.1 Å². The van der Waals surface area contributed by atoms with Gasteiger partial charge in [-0.05, 0) is 69.7 Å². The van der Waals surface area contributed by atoms with Crippen LogP contribution in [0.2, 0.25) is 5.02 Å². The zero-order valence-electron chi connectivity index (χ0n) is 22.6. The Morgan fingerprint density at radius 1 is 0.974 bits per heavy atom. The summed E-state index contributed by atoms with van der Waals surface area (Å²) in [6, 6.07) is 9.53. The number of anilines is 1. The third-order valence-electron chi connectivity index (χ3n) is 6.77. The van der Waals surface area contributed by atoms with Crippen LogP contribution in [0.25, 0.3) is 0 Å². The molecule has 0 N–H and O–H groups in total. The van der Waals surface area contributed by atoms with E-state index in [1.807, 2.05) is 4.90 Å². The summed E-state index contributed by atoms with van der Waals surface area (Å²) in [5.41, 5.74) is 0.688. The maximum absolute atomic E-state index is 13.9. The maximum atomic E-state index is 13.9. The highest BCUT2D eigenvalue weighted by molar-refractivity contribution is 7.89. The van der Waals surface area contributed by atoms with Crippen LogP contribution in [0.15, 0.2) is 47.4 Å². The second-order valence-corrected chi connectivity index (χ2v) is 13.1. The number of hydrogen-bond acceptors (Lipinski definition) is 6. The van der Waals surface area contributed by atoms with Crippen LogP contribution in [0.5, 0.6) is 0 Å². The Hall–Kier alpha value is -2.89. The van der Waals surface area contributed by atoms with E-state index >= 15 is 0 Å². The molecule has 2 fully saturated rings. The summed E-state index contributed by atoms with van der Waals surface area (Å²) >= 11 is 6.05. The van der Waals surface area contributed by atoms with Crippen molar-refractivity contribution in [3.8, 4) is 0 Å². The zero-order chi connectivity index (χ0) is 28.5. The molecule has 2 aromatic rings. The number of halogens is 2. The molecule has 39 heavy (non-hydrogen) atoms. The maximum Gasteiger partial charge on any atom is 0.410 e. The van der Waals surface area contributed by atoms with Crippen LogP contribution in [0.4, 0.5) is 14.9 Å². The lowest BCUT2D eigenvalue weighted by Crippen LogP contribution is -2.63. The van der Waals surface area contributed by atoms with Gasteiger partial charge in [0.2, 0.25) is 15.9 Å². The highest BCUT2D eigenvalue weighted by Gasteiger charge is 2.41. The van der Waals surface area contributed by atoms with Gasteiger partial charge in [0.25, 0.3) is 0 Å². The Labute approximate surface area is 234 Å². The summed E-state index contributed by atoms with van der Waals surface area (Å²) < 4.78 is 47.6. The third-order valence-corrected chi connectivity index (χ3v) is 8.87. The molecule has 0 aromatic heterocycles. The molecule has 1 atom stereocenters. The SMILES string of the molecule is Cc1cc(F)ccc1N1CCN(S(=O)(=O)c2cccc(Cl)c2)CC1C(=O)N1CCN(C(=O)OC(C)(C)C)CC1. The molecule has 2 aliphatic heterocycles. The molecule has 212 valence electrons. The van der Waals surface area contributed by atoms with Crippen molar-refractivity contribution < 1.29 is 27.1 Å². The molecule has 2 aromatic carbocycles. The van der Waals surface area contributed by atoms with E-state index in [2.05, 4.69) is 0 Å². The van der Waals surface area contributed by atoms with Gasteiger partial charge in [0.15, 0.2) is 0 Å². The predicted molar refractivity (Wildman–Crippen MR) is 147 cm³/mol. The first-order valence-electron chi connectivity index (χ1n) is 12.8. The average molecular weight is 581 g/mol. The lowest BCUT2D eigenvalue weighted by molar-refractivity contribution is -0.135. The van der Waals surface area contributed by atoms with Crippen molar-refractivity contribution in [3.05, 3.63) is 58.9 Å². The summed E-state index contributed by atoms with van der Waals surface area (Å²) in [5.74, 6) is -0.645. The summed E-state index contributed by atoms with van der Waals surface area (Å²) in [7, 11) is -3.92. The average Bonchev–Trinajstić information content (AvgIpc) is 2.87. The fraction of sp³-hybridized carbons (Fsp3) is 0.481. The van der Waals surface area contributed by atoms with E-state index in [9.17, 15) is 22.4 Å². The number of carbonyl (C=O) groups excluding carboxylic acids is 2.